The summed E-state index contributed by atoms with van der Waals surface area (Å²) in [6.07, 6.45) is 4.49. The number of carbonyl (C=O) groups excluding carboxylic acids is 1. The maximum atomic E-state index is 11.6. The Morgan fingerprint density at radius 1 is 1.22 bits per heavy atom. The quantitative estimate of drug-likeness (QED) is 0.777. The van der Waals surface area contributed by atoms with Gasteiger partial charge in [0.25, 0.3) is 0 Å². The van der Waals surface area contributed by atoms with E-state index in [1.165, 1.54) is 5.56 Å². The first kappa shape index (κ1) is 17.3. The highest BCUT2D eigenvalue weighted by molar-refractivity contribution is 9.10. The average molecular weight is 374 g/mol. The van der Waals surface area contributed by atoms with Gasteiger partial charge in [-0.2, -0.15) is 0 Å². The normalized spacial score (nSPS) is 10.7. The molecule has 120 valence electrons. The highest BCUT2D eigenvalue weighted by Crippen LogP contribution is 2.18. The lowest BCUT2D eigenvalue weighted by molar-refractivity contribution is 0.141. The lowest BCUT2D eigenvalue weighted by atomic mass is 10.1. The molecule has 4 heteroatoms. The van der Waals surface area contributed by atoms with E-state index in [-0.39, 0.29) is 6.61 Å². The second-order valence-electron chi connectivity index (χ2n) is 5.04. The van der Waals surface area contributed by atoms with E-state index in [0.717, 1.165) is 22.0 Å². The van der Waals surface area contributed by atoms with Crippen molar-refractivity contribution in [1.82, 2.24) is 5.32 Å². The molecule has 2 aromatic carbocycles. The van der Waals surface area contributed by atoms with E-state index in [4.69, 9.17) is 4.74 Å². The summed E-state index contributed by atoms with van der Waals surface area (Å²) in [4.78, 5) is 11.6. The van der Waals surface area contributed by atoms with Crippen molar-refractivity contribution in [1.29, 1.82) is 0 Å². The third-order valence-electron chi connectivity index (χ3n) is 3.36. The number of alkyl carbamates (subject to hydrolysis) is 1. The number of halogens is 1. The van der Waals surface area contributed by atoms with E-state index in [9.17, 15) is 4.79 Å². The Morgan fingerprint density at radius 3 is 2.74 bits per heavy atom. The van der Waals surface area contributed by atoms with Gasteiger partial charge >= 0.3 is 6.09 Å². The van der Waals surface area contributed by atoms with Crippen LogP contribution in [0.5, 0.6) is 0 Å². The van der Waals surface area contributed by atoms with Crippen LogP contribution >= 0.6 is 15.9 Å². The van der Waals surface area contributed by atoms with Crippen LogP contribution in [-0.2, 0) is 17.8 Å². The van der Waals surface area contributed by atoms with Gasteiger partial charge in [0.1, 0.15) is 6.61 Å². The number of hydrogen-bond acceptors (Lipinski definition) is 2. The van der Waals surface area contributed by atoms with E-state index >= 15 is 0 Å². The molecule has 0 heterocycles. The molecule has 0 aliphatic carbocycles. The fourth-order valence-corrected chi connectivity index (χ4v) is 2.55. The zero-order valence-corrected chi connectivity index (χ0v) is 14.7. The second-order valence-corrected chi connectivity index (χ2v) is 5.96. The van der Waals surface area contributed by atoms with E-state index in [0.29, 0.717) is 6.54 Å². The smallest absolute Gasteiger partial charge is 0.407 e. The molecule has 3 nitrogen and oxygen atoms in total. The number of rotatable bonds is 6. The fourth-order valence-electron chi connectivity index (χ4n) is 2.15. The summed E-state index contributed by atoms with van der Waals surface area (Å²) in [7, 11) is 0. The minimum absolute atomic E-state index is 0.281. The van der Waals surface area contributed by atoms with Gasteiger partial charge in [-0.15, -0.1) is 0 Å². The molecule has 0 fully saturated rings. The van der Waals surface area contributed by atoms with Gasteiger partial charge < -0.3 is 10.1 Å². The van der Waals surface area contributed by atoms with Crippen molar-refractivity contribution in [2.24, 2.45) is 0 Å². The van der Waals surface area contributed by atoms with Crippen molar-refractivity contribution in [2.75, 3.05) is 6.54 Å². The molecule has 0 saturated carbocycles. The van der Waals surface area contributed by atoms with E-state index in [1.807, 2.05) is 48.6 Å². The number of nitrogens with one attached hydrogen (secondary N) is 1. The molecule has 0 radical (unpaired) electrons. The maximum Gasteiger partial charge on any atom is 0.407 e. The minimum atomic E-state index is -0.412. The topological polar surface area (TPSA) is 38.3 Å². The monoisotopic (exact) mass is 373 g/mol. The molecule has 0 aliphatic rings. The summed E-state index contributed by atoms with van der Waals surface area (Å²) in [5, 5.41) is 2.71. The van der Waals surface area contributed by atoms with Gasteiger partial charge in [-0.05, 0) is 35.2 Å². The number of ether oxygens (including phenoxy) is 1. The Labute approximate surface area is 145 Å². The lowest BCUT2D eigenvalue weighted by Gasteiger charge is -2.06. The molecular weight excluding hydrogens is 354 g/mol. The van der Waals surface area contributed by atoms with Crippen LogP contribution < -0.4 is 5.32 Å². The summed E-state index contributed by atoms with van der Waals surface area (Å²) in [6, 6.07) is 15.8. The van der Waals surface area contributed by atoms with Crippen LogP contribution in [0.2, 0.25) is 0 Å². The zero-order chi connectivity index (χ0) is 16.5. The van der Waals surface area contributed by atoms with Crippen LogP contribution in [-0.4, -0.2) is 12.6 Å². The standard InChI is InChI=1S/C19H20BrNO2/c1-2-16-13-18(20)11-10-17(16)9-6-12-21-19(22)23-14-15-7-4-3-5-8-15/h3-11,13H,2,12,14H2,1H3,(H,21,22). The highest BCUT2D eigenvalue weighted by Gasteiger charge is 2.01. The molecule has 0 aromatic heterocycles. The second kappa shape index (κ2) is 9.16. The van der Waals surface area contributed by atoms with Crippen LogP contribution in [0.25, 0.3) is 6.08 Å². The SMILES string of the molecule is CCc1cc(Br)ccc1C=CCNC(=O)OCc1ccccc1. The van der Waals surface area contributed by atoms with Gasteiger partial charge in [0.05, 0.1) is 0 Å². The Kier molecular flexibility index (Phi) is 6.88. The van der Waals surface area contributed by atoms with Crippen molar-refractivity contribution in [2.45, 2.75) is 20.0 Å². The Balaban J connectivity index is 1.77. The van der Waals surface area contributed by atoms with Gasteiger partial charge in [0, 0.05) is 11.0 Å². The Bertz CT molecular complexity index is 668. The van der Waals surface area contributed by atoms with Gasteiger partial charge in [-0.3, -0.25) is 0 Å². The minimum Gasteiger partial charge on any atom is -0.445 e. The van der Waals surface area contributed by atoms with E-state index in [2.05, 4.69) is 40.3 Å². The van der Waals surface area contributed by atoms with Gasteiger partial charge in [0.15, 0.2) is 0 Å². The predicted octanol–water partition coefficient (Wildman–Crippen LogP) is 4.95. The molecular formula is C19H20BrNO2. The van der Waals surface area contributed by atoms with E-state index in [1.54, 1.807) is 0 Å². The third kappa shape index (κ3) is 5.91. The molecule has 0 spiro atoms. The molecule has 23 heavy (non-hydrogen) atoms. The number of hydrogen-bond donors (Lipinski definition) is 1. The highest BCUT2D eigenvalue weighted by atomic mass is 79.9. The molecule has 2 rings (SSSR count). The molecule has 2 aromatic rings. The maximum absolute atomic E-state index is 11.6. The van der Waals surface area contributed by atoms with E-state index < -0.39 is 6.09 Å². The summed E-state index contributed by atoms with van der Waals surface area (Å²) in [6.45, 7) is 2.84. The fraction of sp³-hybridized carbons (Fsp3) is 0.211. The first-order chi connectivity index (χ1) is 11.2. The third-order valence-corrected chi connectivity index (χ3v) is 3.85. The molecule has 0 aliphatic heterocycles. The largest absolute Gasteiger partial charge is 0.445 e. The summed E-state index contributed by atoms with van der Waals surface area (Å²) >= 11 is 3.48. The molecule has 0 saturated heterocycles. The predicted molar refractivity (Wildman–Crippen MR) is 97.2 cm³/mol. The van der Waals surface area contributed by atoms with Crippen LogP contribution in [0.4, 0.5) is 4.79 Å². The van der Waals surface area contributed by atoms with Gasteiger partial charge in [-0.25, -0.2) is 4.79 Å². The van der Waals surface area contributed by atoms with Crippen LogP contribution in [0.3, 0.4) is 0 Å². The van der Waals surface area contributed by atoms with Crippen molar-refractivity contribution in [3.63, 3.8) is 0 Å². The summed E-state index contributed by atoms with van der Waals surface area (Å²) in [5.74, 6) is 0. The first-order valence-corrected chi connectivity index (χ1v) is 8.38. The van der Waals surface area contributed by atoms with Crippen molar-refractivity contribution in [3.05, 3.63) is 75.8 Å². The summed E-state index contributed by atoms with van der Waals surface area (Å²) in [5.41, 5.74) is 3.40. The molecule has 0 unspecified atom stereocenters. The first-order valence-electron chi connectivity index (χ1n) is 7.58. The van der Waals surface area contributed by atoms with Crippen molar-refractivity contribution in [3.8, 4) is 0 Å². The zero-order valence-electron chi connectivity index (χ0n) is 13.1. The van der Waals surface area contributed by atoms with Gasteiger partial charge in [-0.1, -0.05) is 71.4 Å². The van der Waals surface area contributed by atoms with Crippen LogP contribution in [0.15, 0.2) is 59.1 Å². The number of carbonyl (C=O) groups is 1. The number of amides is 1. The van der Waals surface area contributed by atoms with Crippen LogP contribution in [0.1, 0.15) is 23.6 Å². The molecule has 0 atom stereocenters. The Morgan fingerprint density at radius 2 is 2.00 bits per heavy atom. The summed E-state index contributed by atoms with van der Waals surface area (Å²) < 4.78 is 6.23. The number of aryl methyl sites for hydroxylation is 1. The molecule has 0 bridgehead atoms. The molecule has 1 amide bonds. The molecule has 1 N–H and O–H groups in total. The Hall–Kier alpha value is -2.07. The van der Waals surface area contributed by atoms with Crippen LogP contribution in [0, 0.1) is 0 Å². The van der Waals surface area contributed by atoms with Crippen molar-refractivity contribution < 1.29 is 9.53 Å². The van der Waals surface area contributed by atoms with Gasteiger partial charge in [0.2, 0.25) is 0 Å². The number of benzene rings is 2. The van der Waals surface area contributed by atoms with Crippen molar-refractivity contribution >= 4 is 28.1 Å². The average Bonchev–Trinajstić information content (AvgIpc) is 2.58. The lowest BCUT2D eigenvalue weighted by Crippen LogP contribution is -2.24.